The van der Waals surface area contributed by atoms with Crippen LogP contribution in [0.5, 0.6) is 0 Å². The van der Waals surface area contributed by atoms with Crippen LogP contribution < -0.4 is 16.0 Å². The standard InChI is InChI=1S/C15H25N5OS/c1-20-8-6-18-14(20)22-9-7-17-13(21)12-10-15(11-19-12)2-4-16-5-3-15/h6,8,12,16,19H,2-5,7,9-11H2,1H3,(H,17,21)/t12-/m0/s1. The molecule has 0 radical (unpaired) electrons. The van der Waals surface area contributed by atoms with Crippen LogP contribution in [0.1, 0.15) is 19.3 Å². The summed E-state index contributed by atoms with van der Waals surface area (Å²) in [5.41, 5.74) is 0.342. The van der Waals surface area contributed by atoms with Gasteiger partial charge >= 0.3 is 0 Å². The molecular weight excluding hydrogens is 298 g/mol. The number of carbonyl (C=O) groups is 1. The van der Waals surface area contributed by atoms with Crippen LogP contribution in [0.4, 0.5) is 0 Å². The van der Waals surface area contributed by atoms with Crippen molar-refractivity contribution in [2.24, 2.45) is 12.5 Å². The van der Waals surface area contributed by atoms with Gasteiger partial charge in [0.25, 0.3) is 0 Å². The van der Waals surface area contributed by atoms with Gasteiger partial charge in [-0.2, -0.15) is 0 Å². The van der Waals surface area contributed by atoms with Crippen molar-refractivity contribution >= 4 is 17.7 Å². The lowest BCUT2D eigenvalue weighted by Gasteiger charge is -2.33. The van der Waals surface area contributed by atoms with E-state index in [4.69, 9.17) is 0 Å². The molecule has 2 aliphatic heterocycles. The largest absolute Gasteiger partial charge is 0.354 e. The molecule has 3 rings (SSSR count). The predicted molar refractivity (Wildman–Crippen MR) is 87.9 cm³/mol. The summed E-state index contributed by atoms with van der Waals surface area (Å²) in [7, 11) is 1.98. The minimum Gasteiger partial charge on any atom is -0.354 e. The lowest BCUT2D eigenvalue weighted by Crippen LogP contribution is -2.41. The molecule has 1 amide bonds. The number of amides is 1. The van der Waals surface area contributed by atoms with Crippen molar-refractivity contribution in [1.29, 1.82) is 0 Å². The highest BCUT2D eigenvalue weighted by Gasteiger charge is 2.41. The molecule has 1 spiro atoms. The Bertz CT molecular complexity index is 512. The van der Waals surface area contributed by atoms with Gasteiger partial charge in [0.1, 0.15) is 0 Å². The number of hydrogen-bond acceptors (Lipinski definition) is 5. The van der Waals surface area contributed by atoms with Gasteiger partial charge in [0.05, 0.1) is 6.04 Å². The first-order valence-corrected chi connectivity index (χ1v) is 8.99. The molecule has 1 atom stereocenters. The summed E-state index contributed by atoms with van der Waals surface area (Å²) in [5, 5.41) is 10.9. The molecule has 3 N–H and O–H groups in total. The van der Waals surface area contributed by atoms with Crippen LogP contribution in [-0.4, -0.2) is 53.4 Å². The fourth-order valence-electron chi connectivity index (χ4n) is 3.37. The number of nitrogens with zero attached hydrogens (tertiary/aromatic N) is 2. The Labute approximate surface area is 135 Å². The molecule has 3 heterocycles. The van der Waals surface area contributed by atoms with Gasteiger partial charge in [0.15, 0.2) is 5.16 Å². The van der Waals surface area contributed by atoms with E-state index in [2.05, 4.69) is 20.9 Å². The quantitative estimate of drug-likeness (QED) is 0.539. The summed E-state index contributed by atoms with van der Waals surface area (Å²) >= 11 is 1.67. The van der Waals surface area contributed by atoms with E-state index in [0.29, 0.717) is 12.0 Å². The molecule has 1 aromatic heterocycles. The second-order valence-corrected chi connectivity index (χ2v) is 7.41. The molecular formula is C15H25N5OS. The molecule has 2 saturated heterocycles. The average molecular weight is 323 g/mol. The van der Waals surface area contributed by atoms with Crippen LogP contribution >= 0.6 is 11.8 Å². The molecule has 0 saturated carbocycles. The van der Waals surface area contributed by atoms with Gasteiger partial charge in [-0.15, -0.1) is 0 Å². The molecule has 2 fully saturated rings. The van der Waals surface area contributed by atoms with Gasteiger partial charge in [-0.05, 0) is 37.8 Å². The van der Waals surface area contributed by atoms with Crippen LogP contribution in [0, 0.1) is 5.41 Å². The summed E-state index contributed by atoms with van der Waals surface area (Å²) in [5.74, 6) is 0.995. The van der Waals surface area contributed by atoms with Crippen molar-refractivity contribution in [2.75, 3.05) is 31.9 Å². The maximum absolute atomic E-state index is 12.3. The number of aromatic nitrogens is 2. The molecule has 0 aliphatic carbocycles. The van der Waals surface area contributed by atoms with E-state index in [0.717, 1.165) is 37.0 Å². The van der Waals surface area contributed by atoms with Gasteiger partial charge in [0, 0.05) is 38.3 Å². The monoisotopic (exact) mass is 323 g/mol. The molecule has 1 aromatic rings. The van der Waals surface area contributed by atoms with Crippen LogP contribution in [0.25, 0.3) is 0 Å². The lowest BCUT2D eigenvalue weighted by molar-refractivity contribution is -0.122. The van der Waals surface area contributed by atoms with Crippen molar-refractivity contribution < 1.29 is 4.79 Å². The SMILES string of the molecule is Cn1ccnc1SCCNC(=O)[C@@H]1CC2(CCNCC2)CN1. The van der Waals surface area contributed by atoms with Crippen LogP contribution in [0.15, 0.2) is 17.6 Å². The zero-order chi connectivity index (χ0) is 15.4. The van der Waals surface area contributed by atoms with E-state index in [1.807, 2.05) is 17.8 Å². The normalized spacial score (nSPS) is 23.8. The van der Waals surface area contributed by atoms with Crippen LogP contribution in [-0.2, 0) is 11.8 Å². The summed E-state index contributed by atoms with van der Waals surface area (Å²) in [6.07, 6.45) is 7.06. The van der Waals surface area contributed by atoms with Crippen LogP contribution in [0.3, 0.4) is 0 Å². The number of piperidine rings is 1. The smallest absolute Gasteiger partial charge is 0.237 e. The van der Waals surface area contributed by atoms with E-state index in [1.165, 1.54) is 12.8 Å². The number of thioether (sulfide) groups is 1. The Hall–Kier alpha value is -1.05. The van der Waals surface area contributed by atoms with Crippen molar-refractivity contribution in [1.82, 2.24) is 25.5 Å². The summed E-state index contributed by atoms with van der Waals surface area (Å²) < 4.78 is 1.99. The lowest BCUT2D eigenvalue weighted by atomic mass is 9.77. The number of aryl methyl sites for hydroxylation is 1. The Balaban J connectivity index is 1.38. The highest BCUT2D eigenvalue weighted by Crippen LogP contribution is 2.37. The first kappa shape index (κ1) is 15.8. The molecule has 0 aromatic carbocycles. The molecule has 0 unspecified atom stereocenters. The zero-order valence-corrected chi connectivity index (χ0v) is 13.9. The van der Waals surface area contributed by atoms with E-state index in [9.17, 15) is 4.79 Å². The van der Waals surface area contributed by atoms with Gasteiger partial charge < -0.3 is 20.5 Å². The highest BCUT2D eigenvalue weighted by molar-refractivity contribution is 7.99. The first-order chi connectivity index (χ1) is 10.7. The van der Waals surface area contributed by atoms with Gasteiger partial charge in [-0.25, -0.2) is 4.98 Å². The molecule has 7 heteroatoms. The third-order valence-corrected chi connectivity index (χ3v) is 5.81. The summed E-state index contributed by atoms with van der Waals surface area (Å²) in [6, 6.07) is -0.0174. The van der Waals surface area contributed by atoms with Crippen molar-refractivity contribution in [2.45, 2.75) is 30.5 Å². The van der Waals surface area contributed by atoms with Gasteiger partial charge in [-0.3, -0.25) is 4.79 Å². The minimum atomic E-state index is -0.0174. The first-order valence-electron chi connectivity index (χ1n) is 8.01. The zero-order valence-electron chi connectivity index (χ0n) is 13.1. The molecule has 22 heavy (non-hydrogen) atoms. The molecule has 122 valence electrons. The summed E-state index contributed by atoms with van der Waals surface area (Å²) in [6.45, 7) is 3.82. The fourth-order valence-corrected chi connectivity index (χ4v) is 4.16. The van der Waals surface area contributed by atoms with Crippen LogP contribution in [0.2, 0.25) is 0 Å². The number of carbonyl (C=O) groups excluding carboxylic acids is 1. The van der Waals surface area contributed by atoms with Gasteiger partial charge in [0.2, 0.25) is 5.91 Å². The number of hydrogen-bond donors (Lipinski definition) is 3. The fraction of sp³-hybridized carbons (Fsp3) is 0.733. The van der Waals surface area contributed by atoms with E-state index >= 15 is 0 Å². The number of nitrogens with one attached hydrogen (secondary N) is 3. The Morgan fingerprint density at radius 3 is 3.09 bits per heavy atom. The molecule has 2 aliphatic rings. The van der Waals surface area contributed by atoms with E-state index < -0.39 is 0 Å². The second-order valence-electron chi connectivity index (χ2n) is 6.35. The highest BCUT2D eigenvalue weighted by atomic mass is 32.2. The Morgan fingerprint density at radius 1 is 1.55 bits per heavy atom. The number of imidazole rings is 1. The predicted octanol–water partition coefficient (Wildman–Crippen LogP) is 0.360. The minimum absolute atomic E-state index is 0.0174. The average Bonchev–Trinajstić information content (AvgIpc) is 3.12. The summed E-state index contributed by atoms with van der Waals surface area (Å²) in [4.78, 5) is 16.5. The Kier molecular flexibility index (Phi) is 5.05. The maximum atomic E-state index is 12.3. The Morgan fingerprint density at radius 2 is 2.36 bits per heavy atom. The number of rotatable bonds is 5. The topological polar surface area (TPSA) is 71.0 Å². The van der Waals surface area contributed by atoms with Crippen molar-refractivity contribution in [3.8, 4) is 0 Å². The second kappa shape index (κ2) is 7.02. The van der Waals surface area contributed by atoms with Crippen molar-refractivity contribution in [3.63, 3.8) is 0 Å². The maximum Gasteiger partial charge on any atom is 0.237 e. The van der Waals surface area contributed by atoms with Gasteiger partial charge in [-0.1, -0.05) is 11.8 Å². The van der Waals surface area contributed by atoms with E-state index in [1.54, 1.807) is 18.0 Å². The van der Waals surface area contributed by atoms with Crippen molar-refractivity contribution in [3.05, 3.63) is 12.4 Å². The third-order valence-electron chi connectivity index (χ3n) is 4.75. The third kappa shape index (κ3) is 3.64. The molecule has 6 nitrogen and oxygen atoms in total. The van der Waals surface area contributed by atoms with E-state index in [-0.39, 0.29) is 11.9 Å². The molecule has 0 bridgehead atoms.